The number of anilines is 3. The van der Waals surface area contributed by atoms with Crippen molar-refractivity contribution in [3.63, 3.8) is 0 Å². The molecule has 0 radical (unpaired) electrons. The van der Waals surface area contributed by atoms with E-state index < -0.39 is 0 Å². The Kier molecular flexibility index (Phi) is 4.32. The molecule has 1 aliphatic heterocycles. The molecule has 0 bridgehead atoms. The maximum absolute atomic E-state index is 12.8. The minimum atomic E-state index is -0.356. The summed E-state index contributed by atoms with van der Waals surface area (Å²) in [6.45, 7) is 2.50. The number of rotatable bonds is 4. The Balaban J connectivity index is 1.80. The van der Waals surface area contributed by atoms with E-state index in [1.165, 1.54) is 0 Å². The van der Waals surface area contributed by atoms with E-state index in [1.807, 2.05) is 39.0 Å². The molecule has 3 heterocycles. The summed E-state index contributed by atoms with van der Waals surface area (Å²) < 4.78 is 1.71. The van der Waals surface area contributed by atoms with Gasteiger partial charge in [0.2, 0.25) is 11.9 Å². The molecule has 1 amide bonds. The molecule has 1 aliphatic rings. The molecule has 0 spiro atoms. The second kappa shape index (κ2) is 6.42. The predicted octanol–water partition coefficient (Wildman–Crippen LogP) is 0.587. The lowest BCUT2D eigenvalue weighted by Gasteiger charge is -2.32. The van der Waals surface area contributed by atoms with E-state index in [0.717, 1.165) is 18.7 Å². The van der Waals surface area contributed by atoms with Gasteiger partial charge >= 0.3 is 0 Å². The Morgan fingerprint density at radius 2 is 2.08 bits per heavy atom. The van der Waals surface area contributed by atoms with Crippen LogP contribution in [0.5, 0.6) is 0 Å². The zero-order chi connectivity index (χ0) is 17.3. The van der Waals surface area contributed by atoms with Crippen LogP contribution in [-0.4, -0.2) is 57.3 Å². The summed E-state index contributed by atoms with van der Waals surface area (Å²) >= 11 is 0. The molecule has 0 saturated carbocycles. The molecule has 2 aromatic rings. The molecule has 2 aromatic heterocycles. The molecule has 128 valence electrons. The summed E-state index contributed by atoms with van der Waals surface area (Å²) in [6, 6.07) is 1.49. The van der Waals surface area contributed by atoms with Crippen molar-refractivity contribution in [3.05, 3.63) is 18.1 Å². The lowest BCUT2D eigenvalue weighted by molar-refractivity contribution is -0.120. The van der Waals surface area contributed by atoms with Crippen molar-refractivity contribution in [3.8, 4) is 0 Å². The van der Waals surface area contributed by atoms with Crippen LogP contribution in [0.3, 0.4) is 0 Å². The van der Waals surface area contributed by atoms with E-state index in [4.69, 9.17) is 0 Å². The first-order valence-electron chi connectivity index (χ1n) is 7.91. The summed E-state index contributed by atoms with van der Waals surface area (Å²) in [5.74, 6) is 2.41. The highest BCUT2D eigenvalue weighted by atomic mass is 16.2. The Morgan fingerprint density at radius 1 is 1.29 bits per heavy atom. The van der Waals surface area contributed by atoms with Crippen molar-refractivity contribution in [2.45, 2.75) is 25.8 Å². The van der Waals surface area contributed by atoms with Crippen molar-refractivity contribution >= 4 is 23.6 Å². The van der Waals surface area contributed by atoms with E-state index in [-0.39, 0.29) is 11.9 Å². The van der Waals surface area contributed by atoms with Crippen molar-refractivity contribution in [1.29, 1.82) is 0 Å². The van der Waals surface area contributed by atoms with Crippen molar-refractivity contribution in [1.82, 2.24) is 24.7 Å². The number of nitrogens with zero attached hydrogens (tertiary/aromatic N) is 7. The molecule has 9 nitrogen and oxygen atoms in total. The fourth-order valence-electron chi connectivity index (χ4n) is 2.76. The number of hydrogen-bond donors (Lipinski definition) is 1. The van der Waals surface area contributed by atoms with Crippen LogP contribution in [0.2, 0.25) is 0 Å². The molecular formula is C15H22N8O. The normalized spacial score (nSPS) is 17.9. The third-order valence-corrected chi connectivity index (χ3v) is 3.95. The summed E-state index contributed by atoms with van der Waals surface area (Å²) in [7, 11) is 5.57. The smallest absolute Gasteiger partial charge is 0.250 e. The van der Waals surface area contributed by atoms with Gasteiger partial charge in [0.25, 0.3) is 5.91 Å². The number of carbonyl (C=O) groups excluding carboxylic acids is 1. The van der Waals surface area contributed by atoms with Gasteiger partial charge in [0.15, 0.2) is 0 Å². The molecule has 1 fully saturated rings. The molecule has 0 aliphatic carbocycles. The molecule has 24 heavy (non-hydrogen) atoms. The van der Waals surface area contributed by atoms with Gasteiger partial charge in [0, 0.05) is 33.8 Å². The van der Waals surface area contributed by atoms with E-state index in [1.54, 1.807) is 15.8 Å². The molecule has 1 atom stereocenters. The molecule has 0 unspecified atom stereocenters. The van der Waals surface area contributed by atoms with Crippen LogP contribution in [0.25, 0.3) is 0 Å². The Hall–Kier alpha value is -2.71. The Labute approximate surface area is 140 Å². The number of aryl methyl sites for hydroxylation is 2. The van der Waals surface area contributed by atoms with Crippen LogP contribution in [-0.2, 0) is 11.8 Å². The van der Waals surface area contributed by atoms with E-state index in [2.05, 4.69) is 25.4 Å². The second-order valence-electron chi connectivity index (χ2n) is 6.04. The zero-order valence-corrected chi connectivity index (χ0v) is 14.4. The molecule has 3 rings (SSSR count). The molecular weight excluding hydrogens is 308 g/mol. The first-order valence-corrected chi connectivity index (χ1v) is 7.91. The highest BCUT2D eigenvalue weighted by Gasteiger charge is 2.31. The number of carbonyl (C=O) groups is 1. The van der Waals surface area contributed by atoms with Crippen molar-refractivity contribution < 1.29 is 4.79 Å². The van der Waals surface area contributed by atoms with E-state index >= 15 is 0 Å². The van der Waals surface area contributed by atoms with Crippen LogP contribution >= 0.6 is 0 Å². The summed E-state index contributed by atoms with van der Waals surface area (Å²) in [5.41, 5.74) is 0. The standard InChI is InChI=1S/C15H22N8O/c1-10-17-14(20-15(18-10)21(2)3)19-11-6-5-9-23(13(11)24)12-7-8-16-22(12)4/h7-8,11H,5-6,9H2,1-4H3,(H,17,18,19,20)/t11-/m1/s1. The Morgan fingerprint density at radius 3 is 2.75 bits per heavy atom. The van der Waals surface area contributed by atoms with Crippen molar-refractivity contribution in [2.24, 2.45) is 7.05 Å². The van der Waals surface area contributed by atoms with Crippen LogP contribution in [0.1, 0.15) is 18.7 Å². The number of piperidine rings is 1. The van der Waals surface area contributed by atoms with Gasteiger partial charge in [-0.05, 0) is 19.8 Å². The SMILES string of the molecule is Cc1nc(N[C@@H]2CCCN(c3ccnn3C)C2=O)nc(N(C)C)n1. The van der Waals surface area contributed by atoms with Gasteiger partial charge in [0.1, 0.15) is 17.7 Å². The van der Waals surface area contributed by atoms with Gasteiger partial charge in [-0.15, -0.1) is 0 Å². The fourth-order valence-corrected chi connectivity index (χ4v) is 2.76. The average Bonchev–Trinajstić information content (AvgIpc) is 2.95. The van der Waals surface area contributed by atoms with Crippen LogP contribution in [0, 0.1) is 6.92 Å². The lowest BCUT2D eigenvalue weighted by atomic mass is 10.1. The Bertz CT molecular complexity index is 741. The van der Waals surface area contributed by atoms with E-state index in [9.17, 15) is 4.79 Å². The zero-order valence-electron chi connectivity index (χ0n) is 14.4. The fraction of sp³-hybridized carbons (Fsp3) is 0.533. The third-order valence-electron chi connectivity index (χ3n) is 3.95. The van der Waals surface area contributed by atoms with Gasteiger partial charge in [-0.1, -0.05) is 0 Å². The topological polar surface area (TPSA) is 92.1 Å². The summed E-state index contributed by atoms with van der Waals surface area (Å²) in [4.78, 5) is 29.3. The highest BCUT2D eigenvalue weighted by molar-refractivity contribution is 5.98. The highest BCUT2D eigenvalue weighted by Crippen LogP contribution is 2.22. The summed E-state index contributed by atoms with van der Waals surface area (Å²) in [6.07, 6.45) is 3.34. The predicted molar refractivity (Wildman–Crippen MR) is 91.1 cm³/mol. The lowest BCUT2D eigenvalue weighted by Crippen LogP contribution is -2.48. The molecule has 9 heteroatoms. The third kappa shape index (κ3) is 3.15. The molecule has 0 aromatic carbocycles. The minimum Gasteiger partial charge on any atom is -0.347 e. The molecule has 1 saturated heterocycles. The van der Waals surface area contributed by atoms with Crippen LogP contribution < -0.4 is 15.1 Å². The van der Waals surface area contributed by atoms with Crippen LogP contribution in [0.4, 0.5) is 17.7 Å². The van der Waals surface area contributed by atoms with Crippen LogP contribution in [0.15, 0.2) is 12.3 Å². The maximum Gasteiger partial charge on any atom is 0.250 e. The number of hydrogen-bond acceptors (Lipinski definition) is 7. The monoisotopic (exact) mass is 330 g/mol. The van der Waals surface area contributed by atoms with E-state index in [0.29, 0.717) is 24.3 Å². The quantitative estimate of drug-likeness (QED) is 0.877. The number of amides is 1. The molecule has 1 N–H and O–H groups in total. The van der Waals surface area contributed by atoms with Gasteiger partial charge in [-0.25, -0.2) is 0 Å². The largest absolute Gasteiger partial charge is 0.347 e. The maximum atomic E-state index is 12.8. The van der Waals surface area contributed by atoms with Gasteiger partial charge in [0.05, 0.1) is 6.20 Å². The van der Waals surface area contributed by atoms with Gasteiger partial charge < -0.3 is 10.2 Å². The minimum absolute atomic E-state index is 0.00863. The average molecular weight is 330 g/mol. The van der Waals surface area contributed by atoms with Gasteiger partial charge in [-0.2, -0.15) is 20.1 Å². The summed E-state index contributed by atoms with van der Waals surface area (Å²) in [5, 5.41) is 7.31. The van der Waals surface area contributed by atoms with Gasteiger partial charge in [-0.3, -0.25) is 14.4 Å². The second-order valence-corrected chi connectivity index (χ2v) is 6.04. The van der Waals surface area contributed by atoms with Crippen molar-refractivity contribution in [2.75, 3.05) is 35.8 Å². The number of nitrogens with one attached hydrogen (secondary N) is 1. The first kappa shape index (κ1) is 16.2. The first-order chi connectivity index (χ1) is 11.5. The number of aromatic nitrogens is 5.